The first-order chi connectivity index (χ1) is 13.8. The fourth-order valence-corrected chi connectivity index (χ4v) is 6.73. The Hall–Kier alpha value is -1.11. The summed E-state index contributed by atoms with van der Waals surface area (Å²) in [6, 6.07) is 12.3. The van der Waals surface area contributed by atoms with Crippen LogP contribution in [0, 0.1) is 19.8 Å². The van der Waals surface area contributed by atoms with Gasteiger partial charge in [0.1, 0.15) is 0 Å². The van der Waals surface area contributed by atoms with Crippen LogP contribution in [0.1, 0.15) is 35.1 Å². The molecule has 1 saturated heterocycles. The molecule has 7 heteroatoms. The number of halogens is 2. The molecule has 0 radical (unpaired) electrons. The van der Waals surface area contributed by atoms with Gasteiger partial charge >= 0.3 is 0 Å². The van der Waals surface area contributed by atoms with Gasteiger partial charge in [0.2, 0.25) is 10.0 Å². The summed E-state index contributed by atoms with van der Waals surface area (Å²) in [6.45, 7) is 8.00. The number of fused-ring (bicyclic) bond motifs is 1. The summed E-state index contributed by atoms with van der Waals surface area (Å²) in [5.41, 5.74) is 4.42. The average molecular weight is 469 g/mol. The van der Waals surface area contributed by atoms with Crippen LogP contribution in [0.4, 0.5) is 0 Å². The number of benzene rings is 2. The fraction of sp³-hybridized carbons (Fsp3) is 0.478. The van der Waals surface area contributed by atoms with Gasteiger partial charge in [0.25, 0.3) is 0 Å². The average Bonchev–Trinajstić information content (AvgIpc) is 2.71. The zero-order valence-electron chi connectivity index (χ0n) is 17.6. The lowest BCUT2D eigenvalue weighted by Crippen LogP contribution is -2.42. The number of sulfonamides is 1. The zero-order chi connectivity index (χ0) is 20.6. The van der Waals surface area contributed by atoms with Crippen LogP contribution in [-0.2, 0) is 23.0 Å². The molecule has 2 aliphatic heterocycles. The summed E-state index contributed by atoms with van der Waals surface area (Å²) in [5, 5.41) is 0.517. The molecule has 2 aliphatic rings. The summed E-state index contributed by atoms with van der Waals surface area (Å²) in [6.07, 6.45) is 2.93. The number of rotatable bonds is 4. The Kier molecular flexibility index (Phi) is 7.52. The lowest BCUT2D eigenvalue weighted by molar-refractivity contribution is 0.171. The van der Waals surface area contributed by atoms with Crippen molar-refractivity contribution in [1.29, 1.82) is 0 Å². The molecule has 0 aromatic heterocycles. The maximum Gasteiger partial charge on any atom is 0.243 e. The van der Waals surface area contributed by atoms with Crippen LogP contribution >= 0.6 is 24.0 Å². The smallest absolute Gasteiger partial charge is 0.243 e. The second-order valence-corrected chi connectivity index (χ2v) is 10.8. The van der Waals surface area contributed by atoms with E-state index in [0.29, 0.717) is 34.5 Å². The van der Waals surface area contributed by atoms with E-state index >= 15 is 0 Å². The summed E-state index contributed by atoms with van der Waals surface area (Å²) in [5.74, 6) is 0.550. The Balaban J connectivity index is 0.00000256. The largest absolute Gasteiger partial charge is 0.298 e. The molecule has 0 aliphatic carbocycles. The Morgan fingerprint density at radius 3 is 2.40 bits per heavy atom. The van der Waals surface area contributed by atoms with Crippen LogP contribution in [0.2, 0.25) is 5.02 Å². The SMILES string of the molecule is Cc1cc(Cl)c(C)c(S(=O)(=O)N2CCC(CN3CCc4ccccc4C3)CC2)c1.Cl. The lowest BCUT2D eigenvalue weighted by Gasteiger charge is -2.36. The maximum absolute atomic E-state index is 13.2. The minimum Gasteiger partial charge on any atom is -0.298 e. The third-order valence-electron chi connectivity index (χ3n) is 6.36. The minimum atomic E-state index is -3.50. The molecule has 0 N–H and O–H groups in total. The summed E-state index contributed by atoms with van der Waals surface area (Å²) < 4.78 is 28.1. The van der Waals surface area contributed by atoms with E-state index < -0.39 is 10.0 Å². The molecule has 164 valence electrons. The molecule has 0 unspecified atom stereocenters. The van der Waals surface area contributed by atoms with Crippen molar-refractivity contribution >= 4 is 34.0 Å². The molecule has 1 fully saturated rings. The molecule has 30 heavy (non-hydrogen) atoms. The molecule has 2 aromatic carbocycles. The molecule has 0 saturated carbocycles. The van der Waals surface area contributed by atoms with Crippen molar-refractivity contribution in [3.8, 4) is 0 Å². The van der Waals surface area contributed by atoms with E-state index in [4.69, 9.17) is 11.6 Å². The van der Waals surface area contributed by atoms with Crippen LogP contribution in [0.5, 0.6) is 0 Å². The predicted molar refractivity (Wildman–Crippen MR) is 125 cm³/mol. The first-order valence-electron chi connectivity index (χ1n) is 10.4. The summed E-state index contributed by atoms with van der Waals surface area (Å²) in [4.78, 5) is 2.88. The molecule has 0 spiro atoms. The fourth-order valence-electron chi connectivity index (χ4n) is 4.60. The van der Waals surface area contributed by atoms with Gasteiger partial charge in [0, 0.05) is 37.7 Å². The summed E-state index contributed by atoms with van der Waals surface area (Å²) in [7, 11) is -3.50. The molecular weight excluding hydrogens is 439 g/mol. The second-order valence-electron chi connectivity index (χ2n) is 8.47. The van der Waals surface area contributed by atoms with Gasteiger partial charge in [-0.15, -0.1) is 12.4 Å². The predicted octanol–water partition coefficient (Wildman–Crippen LogP) is 4.84. The highest BCUT2D eigenvalue weighted by atomic mass is 35.5. The highest BCUT2D eigenvalue weighted by molar-refractivity contribution is 7.89. The molecule has 0 bridgehead atoms. The van der Waals surface area contributed by atoms with E-state index in [2.05, 4.69) is 29.2 Å². The highest BCUT2D eigenvalue weighted by Gasteiger charge is 2.32. The van der Waals surface area contributed by atoms with Crippen molar-refractivity contribution < 1.29 is 8.42 Å². The quantitative estimate of drug-likeness (QED) is 0.644. The number of piperidine rings is 1. The Morgan fingerprint density at radius 2 is 1.70 bits per heavy atom. The lowest BCUT2D eigenvalue weighted by atomic mass is 9.94. The molecular formula is C23H30Cl2N2O2S. The third-order valence-corrected chi connectivity index (χ3v) is 8.78. The van der Waals surface area contributed by atoms with Crippen molar-refractivity contribution in [3.63, 3.8) is 0 Å². The number of aryl methyl sites for hydroxylation is 1. The van der Waals surface area contributed by atoms with Gasteiger partial charge in [-0.05, 0) is 73.4 Å². The van der Waals surface area contributed by atoms with Gasteiger partial charge in [-0.2, -0.15) is 4.31 Å². The van der Waals surface area contributed by atoms with Gasteiger partial charge in [-0.25, -0.2) is 8.42 Å². The van der Waals surface area contributed by atoms with Gasteiger partial charge in [0.15, 0.2) is 0 Å². The van der Waals surface area contributed by atoms with Gasteiger partial charge < -0.3 is 0 Å². The normalized spacial score (nSPS) is 18.6. The maximum atomic E-state index is 13.2. The van der Waals surface area contributed by atoms with Crippen molar-refractivity contribution in [2.24, 2.45) is 5.92 Å². The molecule has 2 heterocycles. The van der Waals surface area contributed by atoms with E-state index in [1.165, 1.54) is 11.1 Å². The van der Waals surface area contributed by atoms with Crippen molar-refractivity contribution in [3.05, 3.63) is 63.7 Å². The Morgan fingerprint density at radius 1 is 1.03 bits per heavy atom. The first kappa shape index (κ1) is 23.6. The highest BCUT2D eigenvalue weighted by Crippen LogP contribution is 2.30. The van der Waals surface area contributed by atoms with Crippen LogP contribution < -0.4 is 0 Å². The molecule has 0 amide bonds. The summed E-state index contributed by atoms with van der Waals surface area (Å²) >= 11 is 6.24. The molecule has 4 nitrogen and oxygen atoms in total. The van der Waals surface area contributed by atoms with E-state index in [9.17, 15) is 8.42 Å². The molecule has 4 rings (SSSR count). The number of hydrogen-bond donors (Lipinski definition) is 0. The Labute approximate surface area is 191 Å². The zero-order valence-corrected chi connectivity index (χ0v) is 20.0. The van der Waals surface area contributed by atoms with Crippen LogP contribution in [-0.4, -0.2) is 43.8 Å². The van der Waals surface area contributed by atoms with E-state index in [-0.39, 0.29) is 12.4 Å². The van der Waals surface area contributed by atoms with Gasteiger partial charge in [-0.1, -0.05) is 35.9 Å². The van der Waals surface area contributed by atoms with E-state index in [0.717, 1.165) is 44.5 Å². The van der Waals surface area contributed by atoms with E-state index in [1.54, 1.807) is 17.3 Å². The molecule has 2 aromatic rings. The van der Waals surface area contributed by atoms with Crippen LogP contribution in [0.15, 0.2) is 41.3 Å². The van der Waals surface area contributed by atoms with Gasteiger partial charge in [-0.3, -0.25) is 4.90 Å². The standard InChI is InChI=1S/C23H29ClN2O2S.ClH/c1-17-13-22(24)18(2)23(14-17)29(27,28)26-11-7-19(8-12-26)15-25-10-9-20-5-3-4-6-21(20)16-25;/h3-6,13-14,19H,7-12,15-16H2,1-2H3;1H. The third kappa shape index (κ3) is 4.86. The van der Waals surface area contributed by atoms with Crippen LogP contribution in [0.3, 0.4) is 0 Å². The minimum absolute atomic E-state index is 0. The van der Waals surface area contributed by atoms with Crippen molar-refractivity contribution in [1.82, 2.24) is 9.21 Å². The van der Waals surface area contributed by atoms with E-state index in [1.807, 2.05) is 13.0 Å². The second kappa shape index (κ2) is 9.58. The van der Waals surface area contributed by atoms with Crippen molar-refractivity contribution in [2.75, 3.05) is 26.2 Å². The first-order valence-corrected chi connectivity index (χ1v) is 12.2. The monoisotopic (exact) mass is 468 g/mol. The van der Waals surface area contributed by atoms with Crippen molar-refractivity contribution in [2.45, 2.75) is 44.6 Å². The number of hydrogen-bond acceptors (Lipinski definition) is 3. The number of nitrogens with zero attached hydrogens (tertiary/aromatic N) is 2. The van der Waals surface area contributed by atoms with Crippen LogP contribution in [0.25, 0.3) is 0 Å². The topological polar surface area (TPSA) is 40.6 Å². The Bertz CT molecular complexity index is 1000. The van der Waals surface area contributed by atoms with Gasteiger partial charge in [0.05, 0.1) is 4.90 Å². The molecule has 0 atom stereocenters.